The van der Waals surface area contributed by atoms with Crippen LogP contribution in [0.5, 0.6) is 5.75 Å². The number of nitrogens with one attached hydrogen (secondary N) is 1. The van der Waals surface area contributed by atoms with Crippen LogP contribution in [0.1, 0.15) is 57.6 Å². The predicted molar refractivity (Wildman–Crippen MR) is 83.4 cm³/mol. The summed E-state index contributed by atoms with van der Waals surface area (Å²) in [4.78, 5) is 0. The zero-order chi connectivity index (χ0) is 14.6. The van der Waals surface area contributed by atoms with Gasteiger partial charge in [0.05, 0.1) is 13.2 Å². The molecule has 0 saturated heterocycles. The van der Waals surface area contributed by atoms with Crippen LogP contribution in [0, 0.1) is 11.3 Å². The molecular weight excluding hydrogens is 248 g/mol. The van der Waals surface area contributed by atoms with Gasteiger partial charge in [0, 0.05) is 5.56 Å². The van der Waals surface area contributed by atoms with Gasteiger partial charge in [0.1, 0.15) is 5.75 Å². The Morgan fingerprint density at radius 1 is 1.25 bits per heavy atom. The van der Waals surface area contributed by atoms with Crippen molar-refractivity contribution in [2.75, 3.05) is 7.11 Å². The number of para-hydroxylation sites is 1. The molecule has 1 unspecified atom stereocenters. The molecule has 1 fully saturated rings. The van der Waals surface area contributed by atoms with Crippen molar-refractivity contribution in [3.05, 3.63) is 29.8 Å². The third-order valence-corrected chi connectivity index (χ3v) is 4.64. The Balaban J connectivity index is 2.38. The van der Waals surface area contributed by atoms with Gasteiger partial charge in [-0.3, -0.25) is 11.3 Å². The van der Waals surface area contributed by atoms with Crippen molar-refractivity contribution in [2.45, 2.75) is 52.0 Å². The molecule has 1 aliphatic carbocycles. The third kappa shape index (κ3) is 2.99. The van der Waals surface area contributed by atoms with Crippen LogP contribution >= 0.6 is 0 Å². The fourth-order valence-corrected chi connectivity index (χ4v) is 4.00. The number of nitrogens with two attached hydrogens (primary N) is 1. The van der Waals surface area contributed by atoms with Gasteiger partial charge in [-0.05, 0) is 36.7 Å². The van der Waals surface area contributed by atoms with E-state index < -0.39 is 0 Å². The molecule has 3 nitrogen and oxygen atoms in total. The standard InChI is InChI=1S/C17H28N2O/c1-13(2)12-17(10-6-7-11-17)16(19-18)14-8-4-5-9-15(14)20-3/h4-5,8-9,13,16,19H,6-7,10-12,18H2,1-3H3. The van der Waals surface area contributed by atoms with Gasteiger partial charge in [0.15, 0.2) is 0 Å². The number of methoxy groups -OCH3 is 1. The number of hydrogen-bond acceptors (Lipinski definition) is 3. The molecule has 0 heterocycles. The average Bonchev–Trinajstić information content (AvgIpc) is 2.88. The Morgan fingerprint density at radius 3 is 2.45 bits per heavy atom. The van der Waals surface area contributed by atoms with E-state index in [1.165, 1.54) is 37.7 Å². The van der Waals surface area contributed by atoms with Gasteiger partial charge in [-0.2, -0.15) is 0 Å². The molecule has 1 aliphatic rings. The Bertz CT molecular complexity index is 425. The van der Waals surface area contributed by atoms with Crippen LogP contribution in [0.15, 0.2) is 24.3 Å². The van der Waals surface area contributed by atoms with Crippen LogP contribution in [0.4, 0.5) is 0 Å². The van der Waals surface area contributed by atoms with E-state index in [9.17, 15) is 0 Å². The van der Waals surface area contributed by atoms with Crippen molar-refractivity contribution in [3.63, 3.8) is 0 Å². The first kappa shape index (κ1) is 15.3. The predicted octanol–water partition coefficient (Wildman–Crippen LogP) is 3.81. The van der Waals surface area contributed by atoms with E-state index in [1.807, 2.05) is 12.1 Å². The molecule has 20 heavy (non-hydrogen) atoms. The average molecular weight is 276 g/mol. The van der Waals surface area contributed by atoms with Crippen LogP contribution in [0.3, 0.4) is 0 Å². The number of ether oxygens (including phenoxy) is 1. The minimum absolute atomic E-state index is 0.170. The Morgan fingerprint density at radius 2 is 1.90 bits per heavy atom. The fourth-order valence-electron chi connectivity index (χ4n) is 4.00. The van der Waals surface area contributed by atoms with Gasteiger partial charge >= 0.3 is 0 Å². The molecule has 1 saturated carbocycles. The van der Waals surface area contributed by atoms with Gasteiger partial charge < -0.3 is 4.74 Å². The Kier molecular flexibility index (Phi) is 5.06. The van der Waals surface area contributed by atoms with E-state index >= 15 is 0 Å². The first-order valence-electron chi connectivity index (χ1n) is 7.72. The van der Waals surface area contributed by atoms with Crippen molar-refractivity contribution in [1.82, 2.24) is 5.43 Å². The molecule has 112 valence electrons. The maximum Gasteiger partial charge on any atom is 0.123 e. The van der Waals surface area contributed by atoms with Crippen molar-refractivity contribution in [1.29, 1.82) is 0 Å². The molecule has 0 aliphatic heterocycles. The van der Waals surface area contributed by atoms with Crippen LogP contribution < -0.4 is 16.0 Å². The fraction of sp³-hybridized carbons (Fsp3) is 0.647. The molecule has 1 aromatic rings. The second kappa shape index (κ2) is 6.59. The van der Waals surface area contributed by atoms with Gasteiger partial charge in [-0.15, -0.1) is 0 Å². The highest BCUT2D eigenvalue weighted by atomic mass is 16.5. The lowest BCUT2D eigenvalue weighted by Gasteiger charge is -2.39. The summed E-state index contributed by atoms with van der Waals surface area (Å²) < 4.78 is 5.54. The second-order valence-electron chi connectivity index (χ2n) is 6.51. The highest BCUT2D eigenvalue weighted by Crippen LogP contribution is 2.52. The SMILES string of the molecule is COc1ccccc1C(NN)C1(CC(C)C)CCCC1. The molecule has 1 atom stereocenters. The zero-order valence-corrected chi connectivity index (χ0v) is 13.0. The van der Waals surface area contributed by atoms with E-state index in [2.05, 4.69) is 31.4 Å². The highest BCUT2D eigenvalue weighted by molar-refractivity contribution is 5.37. The van der Waals surface area contributed by atoms with E-state index in [-0.39, 0.29) is 11.5 Å². The van der Waals surface area contributed by atoms with E-state index in [4.69, 9.17) is 10.6 Å². The Labute approximate surface area is 122 Å². The summed E-state index contributed by atoms with van der Waals surface area (Å²) >= 11 is 0. The molecule has 0 spiro atoms. The van der Waals surface area contributed by atoms with Crippen molar-refractivity contribution in [3.8, 4) is 5.75 Å². The lowest BCUT2D eigenvalue weighted by molar-refractivity contribution is 0.153. The quantitative estimate of drug-likeness (QED) is 0.613. The summed E-state index contributed by atoms with van der Waals surface area (Å²) in [5, 5.41) is 0. The molecule has 0 radical (unpaired) electrons. The minimum atomic E-state index is 0.170. The molecule has 3 N–H and O–H groups in total. The first-order chi connectivity index (χ1) is 9.63. The molecule has 0 bridgehead atoms. The molecule has 0 amide bonds. The van der Waals surface area contributed by atoms with Crippen LogP contribution in [0.25, 0.3) is 0 Å². The zero-order valence-electron chi connectivity index (χ0n) is 13.0. The maximum absolute atomic E-state index is 5.96. The number of benzene rings is 1. The Hall–Kier alpha value is -1.06. The largest absolute Gasteiger partial charge is 0.496 e. The normalized spacial score (nSPS) is 19.2. The van der Waals surface area contributed by atoms with Crippen LogP contribution in [0.2, 0.25) is 0 Å². The van der Waals surface area contributed by atoms with E-state index in [1.54, 1.807) is 7.11 Å². The van der Waals surface area contributed by atoms with Crippen LogP contribution in [-0.2, 0) is 0 Å². The maximum atomic E-state index is 5.96. The lowest BCUT2D eigenvalue weighted by Crippen LogP contribution is -2.41. The smallest absolute Gasteiger partial charge is 0.123 e. The first-order valence-corrected chi connectivity index (χ1v) is 7.72. The monoisotopic (exact) mass is 276 g/mol. The molecule has 1 aromatic carbocycles. The van der Waals surface area contributed by atoms with E-state index in [0.29, 0.717) is 5.92 Å². The molecule has 0 aromatic heterocycles. The summed E-state index contributed by atoms with van der Waals surface area (Å²) in [6.07, 6.45) is 6.32. The number of hydrazine groups is 1. The van der Waals surface area contributed by atoms with Crippen molar-refractivity contribution < 1.29 is 4.74 Å². The summed E-state index contributed by atoms with van der Waals surface area (Å²) in [5.41, 5.74) is 4.56. The molecular formula is C17H28N2O. The number of rotatable bonds is 6. The molecule has 2 rings (SSSR count). The summed E-state index contributed by atoms with van der Waals surface area (Å²) in [7, 11) is 1.73. The van der Waals surface area contributed by atoms with Crippen molar-refractivity contribution in [2.24, 2.45) is 17.2 Å². The number of hydrogen-bond donors (Lipinski definition) is 2. The van der Waals surface area contributed by atoms with Gasteiger partial charge in [-0.25, -0.2) is 0 Å². The molecule has 3 heteroatoms. The summed E-state index contributed by atoms with van der Waals surface area (Å²) in [6, 6.07) is 8.42. The van der Waals surface area contributed by atoms with Gasteiger partial charge in [-0.1, -0.05) is 44.9 Å². The highest BCUT2D eigenvalue weighted by Gasteiger charge is 2.42. The van der Waals surface area contributed by atoms with E-state index in [0.717, 1.165) is 5.75 Å². The second-order valence-corrected chi connectivity index (χ2v) is 6.51. The van der Waals surface area contributed by atoms with Gasteiger partial charge in [0.2, 0.25) is 0 Å². The lowest BCUT2D eigenvalue weighted by atomic mass is 9.70. The van der Waals surface area contributed by atoms with Crippen LogP contribution in [-0.4, -0.2) is 7.11 Å². The summed E-state index contributed by atoms with van der Waals surface area (Å²) in [6.45, 7) is 4.60. The van der Waals surface area contributed by atoms with Crippen molar-refractivity contribution >= 4 is 0 Å². The minimum Gasteiger partial charge on any atom is -0.496 e. The van der Waals surface area contributed by atoms with Gasteiger partial charge in [0.25, 0.3) is 0 Å². The third-order valence-electron chi connectivity index (χ3n) is 4.64. The topological polar surface area (TPSA) is 47.3 Å². The summed E-state index contributed by atoms with van der Waals surface area (Å²) in [5.74, 6) is 7.58.